The third kappa shape index (κ3) is 2.87. The highest BCUT2D eigenvalue weighted by molar-refractivity contribution is 5.61. The fraction of sp³-hybridized carbons (Fsp3) is 0.250. The standard InChI is InChI=1S/C12H11F3N4/c13-2-10-17-5-9(6-18-10)8-1-7(3-16)11(12(14)15)19-4-8/h1,4-6,12H,2-3,16H2. The summed E-state index contributed by atoms with van der Waals surface area (Å²) in [6, 6.07) is 1.52. The van der Waals surface area contributed by atoms with E-state index in [4.69, 9.17) is 5.73 Å². The normalized spacial score (nSPS) is 11.0. The van der Waals surface area contributed by atoms with Crippen LogP contribution >= 0.6 is 0 Å². The number of nitrogens with zero attached hydrogens (tertiary/aromatic N) is 3. The van der Waals surface area contributed by atoms with E-state index in [1.54, 1.807) is 0 Å². The van der Waals surface area contributed by atoms with Crippen molar-refractivity contribution in [1.29, 1.82) is 0 Å². The Morgan fingerprint density at radius 2 is 1.68 bits per heavy atom. The van der Waals surface area contributed by atoms with E-state index >= 15 is 0 Å². The molecule has 0 saturated carbocycles. The van der Waals surface area contributed by atoms with Gasteiger partial charge in [-0.1, -0.05) is 0 Å². The maximum Gasteiger partial charge on any atom is 0.280 e. The molecule has 100 valence electrons. The van der Waals surface area contributed by atoms with Gasteiger partial charge in [0.2, 0.25) is 0 Å². The molecule has 2 aromatic heterocycles. The van der Waals surface area contributed by atoms with Gasteiger partial charge in [-0.15, -0.1) is 0 Å². The molecule has 2 rings (SSSR count). The highest BCUT2D eigenvalue weighted by atomic mass is 19.3. The number of halogens is 3. The number of nitrogens with two attached hydrogens (primary N) is 1. The van der Waals surface area contributed by atoms with Crippen molar-refractivity contribution in [2.75, 3.05) is 0 Å². The van der Waals surface area contributed by atoms with Crippen molar-refractivity contribution >= 4 is 0 Å². The smallest absolute Gasteiger partial charge is 0.280 e. The molecule has 0 radical (unpaired) electrons. The largest absolute Gasteiger partial charge is 0.326 e. The van der Waals surface area contributed by atoms with Gasteiger partial charge in [0.1, 0.15) is 12.4 Å². The highest BCUT2D eigenvalue weighted by Gasteiger charge is 2.15. The van der Waals surface area contributed by atoms with Crippen molar-refractivity contribution in [2.24, 2.45) is 5.73 Å². The van der Waals surface area contributed by atoms with Crippen LogP contribution in [-0.2, 0) is 13.2 Å². The first-order valence-corrected chi connectivity index (χ1v) is 5.50. The van der Waals surface area contributed by atoms with Gasteiger partial charge >= 0.3 is 0 Å². The van der Waals surface area contributed by atoms with E-state index in [1.807, 2.05) is 0 Å². The molecule has 19 heavy (non-hydrogen) atoms. The second-order valence-corrected chi connectivity index (χ2v) is 3.79. The van der Waals surface area contributed by atoms with Gasteiger partial charge < -0.3 is 5.73 Å². The number of alkyl halides is 3. The quantitative estimate of drug-likeness (QED) is 0.924. The molecule has 2 N–H and O–H groups in total. The summed E-state index contributed by atoms with van der Waals surface area (Å²) in [5.74, 6) is 0.0694. The summed E-state index contributed by atoms with van der Waals surface area (Å²) >= 11 is 0. The van der Waals surface area contributed by atoms with E-state index in [-0.39, 0.29) is 23.6 Å². The minimum Gasteiger partial charge on any atom is -0.326 e. The third-order valence-corrected chi connectivity index (χ3v) is 2.59. The van der Waals surface area contributed by atoms with Crippen LogP contribution in [0.3, 0.4) is 0 Å². The van der Waals surface area contributed by atoms with Gasteiger partial charge in [-0.3, -0.25) is 4.98 Å². The molecule has 0 bridgehead atoms. The van der Waals surface area contributed by atoms with E-state index in [0.29, 0.717) is 11.1 Å². The number of hydrogen-bond donors (Lipinski definition) is 1. The van der Waals surface area contributed by atoms with Gasteiger partial charge in [0.25, 0.3) is 6.43 Å². The fourth-order valence-electron chi connectivity index (χ4n) is 1.61. The predicted octanol–water partition coefficient (Wildman–Crippen LogP) is 2.40. The Bertz CT molecular complexity index is 557. The van der Waals surface area contributed by atoms with Crippen LogP contribution in [0, 0.1) is 0 Å². The van der Waals surface area contributed by atoms with E-state index in [0.717, 1.165) is 0 Å². The van der Waals surface area contributed by atoms with E-state index in [2.05, 4.69) is 15.0 Å². The van der Waals surface area contributed by atoms with E-state index < -0.39 is 13.1 Å². The van der Waals surface area contributed by atoms with Crippen molar-refractivity contribution in [3.63, 3.8) is 0 Å². The van der Waals surface area contributed by atoms with Crippen LogP contribution in [-0.4, -0.2) is 15.0 Å². The molecule has 4 nitrogen and oxygen atoms in total. The van der Waals surface area contributed by atoms with Gasteiger partial charge in [-0.05, 0) is 11.6 Å². The van der Waals surface area contributed by atoms with Crippen molar-refractivity contribution in [3.8, 4) is 11.1 Å². The highest BCUT2D eigenvalue weighted by Crippen LogP contribution is 2.25. The van der Waals surface area contributed by atoms with Gasteiger partial charge in [-0.2, -0.15) is 0 Å². The number of pyridine rings is 1. The first-order chi connectivity index (χ1) is 9.15. The Balaban J connectivity index is 2.39. The summed E-state index contributed by atoms with van der Waals surface area (Å²) in [4.78, 5) is 11.3. The predicted molar refractivity (Wildman–Crippen MR) is 62.9 cm³/mol. The lowest BCUT2D eigenvalue weighted by molar-refractivity contribution is 0.145. The third-order valence-electron chi connectivity index (χ3n) is 2.59. The molecule has 2 heterocycles. The van der Waals surface area contributed by atoms with Crippen LogP contribution < -0.4 is 5.73 Å². The van der Waals surface area contributed by atoms with Crippen LogP contribution in [0.15, 0.2) is 24.7 Å². The van der Waals surface area contributed by atoms with Crippen LogP contribution in [0.25, 0.3) is 11.1 Å². The Morgan fingerprint density at radius 1 is 1.05 bits per heavy atom. The summed E-state index contributed by atoms with van der Waals surface area (Å²) in [6.45, 7) is -0.791. The van der Waals surface area contributed by atoms with Crippen LogP contribution in [0.4, 0.5) is 13.2 Å². The lowest BCUT2D eigenvalue weighted by Gasteiger charge is -2.08. The zero-order chi connectivity index (χ0) is 13.8. The second kappa shape index (κ2) is 5.75. The molecule has 0 saturated heterocycles. The van der Waals surface area contributed by atoms with Gasteiger partial charge in [0, 0.05) is 36.3 Å². The van der Waals surface area contributed by atoms with Crippen molar-refractivity contribution in [3.05, 3.63) is 41.7 Å². The van der Waals surface area contributed by atoms with Crippen LogP contribution in [0.2, 0.25) is 0 Å². The Kier molecular flexibility index (Phi) is 4.06. The van der Waals surface area contributed by atoms with Gasteiger partial charge in [0.15, 0.2) is 5.82 Å². The average molecular weight is 268 g/mol. The van der Waals surface area contributed by atoms with Crippen molar-refractivity contribution < 1.29 is 13.2 Å². The number of rotatable bonds is 4. The Morgan fingerprint density at radius 3 is 2.21 bits per heavy atom. The molecule has 7 heteroatoms. The van der Waals surface area contributed by atoms with Gasteiger partial charge in [0.05, 0.1) is 0 Å². The van der Waals surface area contributed by atoms with E-state index in [9.17, 15) is 13.2 Å². The maximum absolute atomic E-state index is 12.7. The van der Waals surface area contributed by atoms with E-state index in [1.165, 1.54) is 24.7 Å². The van der Waals surface area contributed by atoms with Crippen LogP contribution in [0.1, 0.15) is 23.5 Å². The molecular weight excluding hydrogens is 257 g/mol. The van der Waals surface area contributed by atoms with Crippen molar-refractivity contribution in [2.45, 2.75) is 19.6 Å². The molecular formula is C12H11F3N4. The summed E-state index contributed by atoms with van der Waals surface area (Å²) in [7, 11) is 0. The number of hydrogen-bond acceptors (Lipinski definition) is 4. The second-order valence-electron chi connectivity index (χ2n) is 3.79. The molecule has 0 fully saturated rings. The summed E-state index contributed by atoms with van der Waals surface area (Å²) < 4.78 is 37.6. The number of aromatic nitrogens is 3. The maximum atomic E-state index is 12.7. The summed E-state index contributed by atoms with van der Waals surface area (Å²) in [6.07, 6.45) is 1.47. The average Bonchev–Trinajstić information content (AvgIpc) is 2.46. The molecule has 0 unspecified atom stereocenters. The zero-order valence-electron chi connectivity index (χ0n) is 9.85. The minimum absolute atomic E-state index is 0.0378. The van der Waals surface area contributed by atoms with Gasteiger partial charge in [-0.25, -0.2) is 23.1 Å². The van der Waals surface area contributed by atoms with Crippen molar-refractivity contribution in [1.82, 2.24) is 15.0 Å². The molecule has 0 aliphatic rings. The SMILES string of the molecule is NCc1cc(-c2cnc(CF)nc2)cnc1C(F)F. The molecule has 0 amide bonds. The van der Waals surface area contributed by atoms with Crippen LogP contribution in [0.5, 0.6) is 0 Å². The monoisotopic (exact) mass is 268 g/mol. The first-order valence-electron chi connectivity index (χ1n) is 5.50. The molecule has 0 aliphatic heterocycles. The zero-order valence-corrected chi connectivity index (χ0v) is 9.85. The first kappa shape index (κ1) is 13.4. The minimum atomic E-state index is -2.67. The molecule has 0 spiro atoms. The molecule has 0 aliphatic carbocycles. The Hall–Kier alpha value is -2.02. The summed E-state index contributed by atoms with van der Waals surface area (Å²) in [5, 5.41) is 0. The molecule has 0 aromatic carbocycles. The topological polar surface area (TPSA) is 64.7 Å². The summed E-state index contributed by atoms with van der Waals surface area (Å²) in [5.41, 5.74) is 6.50. The lowest BCUT2D eigenvalue weighted by Crippen LogP contribution is -2.05. The molecule has 0 atom stereocenters. The fourth-order valence-corrected chi connectivity index (χ4v) is 1.61. The Labute approximate surface area is 107 Å². The molecule has 2 aromatic rings. The lowest BCUT2D eigenvalue weighted by atomic mass is 10.1.